The van der Waals surface area contributed by atoms with Gasteiger partial charge in [0.2, 0.25) is 11.1 Å². The molecule has 0 saturated heterocycles. The van der Waals surface area contributed by atoms with Gasteiger partial charge in [-0.25, -0.2) is 9.88 Å². The van der Waals surface area contributed by atoms with E-state index in [1.54, 1.807) is 9.58 Å². The van der Waals surface area contributed by atoms with Crippen LogP contribution in [-0.4, -0.2) is 26.7 Å². The van der Waals surface area contributed by atoms with E-state index >= 15 is 0 Å². The van der Waals surface area contributed by atoms with Crippen molar-refractivity contribution < 1.29 is 9.48 Å². The molecule has 0 saturated carbocycles. The van der Waals surface area contributed by atoms with Gasteiger partial charge in [-0.2, -0.15) is 0 Å². The molecule has 3 aromatic rings. The predicted octanol–water partition coefficient (Wildman–Crippen LogP) is 3.23. The van der Waals surface area contributed by atoms with E-state index in [0.29, 0.717) is 27.8 Å². The van der Waals surface area contributed by atoms with E-state index in [2.05, 4.69) is 16.9 Å². The van der Waals surface area contributed by atoms with Crippen LogP contribution in [0.25, 0.3) is 11.3 Å². The number of rotatable bonds is 5. The predicted molar refractivity (Wildman–Crippen MR) is 116 cm³/mol. The highest BCUT2D eigenvalue weighted by Crippen LogP contribution is 2.36. The molecule has 3 heterocycles. The Labute approximate surface area is 179 Å². The third-order valence-corrected chi connectivity index (χ3v) is 5.96. The Morgan fingerprint density at radius 2 is 2.03 bits per heavy atom. The highest BCUT2D eigenvalue weighted by molar-refractivity contribution is 7.99. The normalized spacial score (nSPS) is 14.9. The molecule has 0 spiro atoms. The molecule has 1 N–H and O–H groups in total. The van der Waals surface area contributed by atoms with E-state index in [1.807, 2.05) is 49.4 Å². The Bertz CT molecular complexity index is 1160. The Kier molecular flexibility index (Phi) is 5.67. The van der Waals surface area contributed by atoms with Gasteiger partial charge in [0.25, 0.3) is 0 Å². The summed E-state index contributed by atoms with van der Waals surface area (Å²) in [5.74, 6) is 0.718. The molecule has 1 atom stereocenters. The summed E-state index contributed by atoms with van der Waals surface area (Å²) < 4.78 is 1.65. The third-order valence-electron chi connectivity index (χ3n) is 5.01. The molecule has 1 aliphatic rings. The summed E-state index contributed by atoms with van der Waals surface area (Å²) in [4.78, 5) is 35.2. The molecule has 0 aliphatic carbocycles. The van der Waals surface area contributed by atoms with E-state index in [-0.39, 0.29) is 11.5 Å². The number of hydrogen-bond donors (Lipinski definition) is 1. The third kappa shape index (κ3) is 3.63. The van der Waals surface area contributed by atoms with E-state index < -0.39 is 6.17 Å². The number of thioether (sulfide) groups is 1. The lowest BCUT2D eigenvalue weighted by molar-refractivity contribution is -0.763. The number of aromatic nitrogens is 4. The Hall–Kier alpha value is -3.00. The first-order chi connectivity index (χ1) is 14.5. The van der Waals surface area contributed by atoms with Gasteiger partial charge in [0.15, 0.2) is 0 Å². The molecule has 7 nitrogen and oxygen atoms in total. The average Bonchev–Trinajstić information content (AvgIpc) is 2.72. The number of H-pyrrole nitrogens is 1. The Balaban J connectivity index is 1.98. The van der Waals surface area contributed by atoms with E-state index in [4.69, 9.17) is 5.10 Å². The van der Waals surface area contributed by atoms with Crippen molar-refractivity contribution in [2.75, 3.05) is 10.7 Å². The summed E-state index contributed by atoms with van der Waals surface area (Å²) >= 11 is 1.51. The van der Waals surface area contributed by atoms with Gasteiger partial charge >= 0.3 is 17.4 Å². The number of carbonyl (C=O) groups excluding carboxylic acids is 1. The van der Waals surface area contributed by atoms with Crippen molar-refractivity contribution >= 4 is 23.4 Å². The lowest BCUT2D eigenvalue weighted by Crippen LogP contribution is -2.60. The molecule has 0 fully saturated rings. The summed E-state index contributed by atoms with van der Waals surface area (Å²) in [5.41, 5.74) is 3.05. The van der Waals surface area contributed by atoms with Crippen LogP contribution in [0.2, 0.25) is 0 Å². The van der Waals surface area contributed by atoms with Crippen molar-refractivity contribution in [3.63, 3.8) is 0 Å². The highest BCUT2D eigenvalue weighted by Gasteiger charge is 2.45. The Morgan fingerprint density at radius 1 is 1.23 bits per heavy atom. The molecule has 0 bridgehead atoms. The fourth-order valence-corrected chi connectivity index (χ4v) is 4.60. The molecule has 1 aliphatic heterocycles. The maximum absolute atomic E-state index is 13.1. The molecular weight excluding hydrogens is 398 g/mol. The second-order valence-corrected chi connectivity index (χ2v) is 8.32. The number of carbonyl (C=O) groups is 1. The van der Waals surface area contributed by atoms with Gasteiger partial charge in [-0.3, -0.25) is 14.6 Å². The zero-order valence-electron chi connectivity index (χ0n) is 17.3. The molecule has 1 aromatic carbocycles. The molecule has 0 unspecified atom stereocenters. The lowest BCUT2D eigenvalue weighted by Gasteiger charge is -2.30. The quantitative estimate of drug-likeness (QED) is 0.388. The number of para-hydroxylation sites is 1. The number of hydrogen-bond acceptors (Lipinski definition) is 5. The van der Waals surface area contributed by atoms with E-state index in [9.17, 15) is 9.59 Å². The maximum Gasteiger partial charge on any atom is 0.325 e. The van der Waals surface area contributed by atoms with Crippen molar-refractivity contribution in [3.05, 3.63) is 64.2 Å². The fourth-order valence-electron chi connectivity index (χ4n) is 3.67. The second kappa shape index (κ2) is 8.39. The summed E-state index contributed by atoms with van der Waals surface area (Å²) in [6.07, 6.45) is 1.46. The van der Waals surface area contributed by atoms with Gasteiger partial charge in [-0.05, 0) is 42.3 Å². The van der Waals surface area contributed by atoms with Gasteiger partial charge in [0, 0.05) is 23.5 Å². The summed E-state index contributed by atoms with van der Waals surface area (Å²) in [5, 5.41) is 5.29. The van der Waals surface area contributed by atoms with Crippen LogP contribution in [0.5, 0.6) is 0 Å². The van der Waals surface area contributed by atoms with Crippen molar-refractivity contribution in [1.82, 2.24) is 15.1 Å². The van der Waals surface area contributed by atoms with Crippen molar-refractivity contribution in [2.24, 2.45) is 0 Å². The van der Waals surface area contributed by atoms with Crippen molar-refractivity contribution in [1.29, 1.82) is 0 Å². The SMILES string of the molecule is CCCCSc1n[n+]2c(c(=O)[nH]1)-c1ccccc1N(C(C)=O)[C@H]2c1cccc(C)n1. The largest absolute Gasteiger partial charge is 0.325 e. The number of aromatic amines is 1. The first kappa shape index (κ1) is 20.3. The molecule has 154 valence electrons. The minimum absolute atomic E-state index is 0.142. The summed E-state index contributed by atoms with van der Waals surface area (Å²) in [7, 11) is 0. The van der Waals surface area contributed by atoms with E-state index in [0.717, 1.165) is 24.3 Å². The van der Waals surface area contributed by atoms with Gasteiger partial charge < -0.3 is 0 Å². The zero-order chi connectivity index (χ0) is 21.3. The molecule has 30 heavy (non-hydrogen) atoms. The van der Waals surface area contributed by atoms with Gasteiger partial charge in [0.05, 0.1) is 11.3 Å². The standard InChI is InChI=1S/C22H23N5O2S/c1-4-5-13-30-22-24-20(29)19-16-10-6-7-12-18(16)26(15(3)28)21(27(19)25-22)17-11-8-9-14(2)23-17/h6-12,21H,4-5,13H2,1-3H3/p+1/t21-/m1/s1. The average molecular weight is 423 g/mol. The molecular formula is C22H24N5O2S+. The first-order valence-corrected chi connectivity index (χ1v) is 11.0. The monoisotopic (exact) mass is 422 g/mol. The zero-order valence-corrected chi connectivity index (χ0v) is 18.1. The van der Waals surface area contributed by atoms with Crippen LogP contribution < -0.4 is 15.1 Å². The summed E-state index contributed by atoms with van der Waals surface area (Å²) in [6.45, 7) is 5.55. The molecule has 1 amide bonds. The molecule has 2 aromatic heterocycles. The van der Waals surface area contributed by atoms with Crippen LogP contribution in [-0.2, 0) is 4.79 Å². The van der Waals surface area contributed by atoms with Gasteiger partial charge in [0.1, 0.15) is 5.69 Å². The first-order valence-electron chi connectivity index (χ1n) is 10.0. The number of fused-ring (bicyclic) bond motifs is 3. The number of anilines is 1. The van der Waals surface area contributed by atoms with Crippen molar-refractivity contribution in [2.45, 2.75) is 44.9 Å². The fraction of sp³-hybridized carbons (Fsp3) is 0.318. The number of nitrogens with one attached hydrogen (secondary N) is 1. The Morgan fingerprint density at radius 3 is 2.77 bits per heavy atom. The molecule has 0 radical (unpaired) electrons. The second-order valence-electron chi connectivity index (χ2n) is 7.24. The number of aryl methyl sites for hydroxylation is 1. The maximum atomic E-state index is 13.1. The number of amides is 1. The van der Waals surface area contributed by atoms with Crippen LogP contribution in [0.4, 0.5) is 5.69 Å². The molecule has 4 rings (SSSR count). The van der Waals surface area contributed by atoms with Crippen LogP contribution >= 0.6 is 11.8 Å². The number of benzene rings is 1. The van der Waals surface area contributed by atoms with Gasteiger partial charge in [-0.15, -0.1) is 0 Å². The van der Waals surface area contributed by atoms with Crippen LogP contribution in [0.3, 0.4) is 0 Å². The number of pyridine rings is 1. The number of unbranched alkanes of at least 4 members (excludes halogenated alkanes) is 1. The van der Waals surface area contributed by atoms with Crippen molar-refractivity contribution in [3.8, 4) is 11.3 Å². The highest BCUT2D eigenvalue weighted by atomic mass is 32.2. The molecule has 8 heteroatoms. The minimum Gasteiger partial charge on any atom is -0.291 e. The smallest absolute Gasteiger partial charge is 0.291 e. The van der Waals surface area contributed by atoms with Crippen LogP contribution in [0.15, 0.2) is 52.4 Å². The van der Waals surface area contributed by atoms with Gasteiger partial charge in [-0.1, -0.05) is 43.3 Å². The van der Waals surface area contributed by atoms with E-state index in [1.165, 1.54) is 18.7 Å². The topological polar surface area (TPSA) is 82.8 Å². The summed E-state index contributed by atoms with van der Waals surface area (Å²) in [6, 6.07) is 13.1. The lowest BCUT2D eigenvalue weighted by atomic mass is 10.0. The van der Waals surface area contributed by atoms with Crippen LogP contribution in [0, 0.1) is 6.92 Å². The minimum atomic E-state index is -0.639. The van der Waals surface area contributed by atoms with Crippen LogP contribution in [0.1, 0.15) is 44.2 Å². The number of nitrogens with zero attached hydrogens (tertiary/aromatic N) is 4.